The highest BCUT2D eigenvalue weighted by Crippen LogP contribution is 2.34. The Bertz CT molecular complexity index is 968. The fourth-order valence-corrected chi connectivity index (χ4v) is 4.14. The van der Waals surface area contributed by atoms with E-state index in [-0.39, 0.29) is 34.5 Å². The molecule has 0 aromatic heterocycles. The molecule has 1 heterocycles. The van der Waals surface area contributed by atoms with E-state index in [2.05, 4.69) is 10.2 Å². The van der Waals surface area contributed by atoms with Crippen LogP contribution in [0.1, 0.15) is 66.6 Å². The van der Waals surface area contributed by atoms with Crippen molar-refractivity contribution in [2.75, 3.05) is 18.0 Å². The van der Waals surface area contributed by atoms with Gasteiger partial charge in [0.15, 0.2) is 0 Å². The molecule has 1 saturated heterocycles. The number of carboxylic acids is 1. The molecule has 3 rings (SSSR count). The van der Waals surface area contributed by atoms with Crippen LogP contribution in [0.5, 0.6) is 0 Å². The van der Waals surface area contributed by atoms with E-state index in [1.807, 2.05) is 6.92 Å². The SMILES string of the molecule is CCCC(NC(=O)Cc1ccc(C(=O)O)cc1)c1ccc([N+](=O)[O-])cc1N1CCCCC1. The molecule has 0 bridgehead atoms. The predicted molar refractivity (Wildman–Crippen MR) is 122 cm³/mol. The average molecular weight is 440 g/mol. The molecule has 170 valence electrons. The largest absolute Gasteiger partial charge is 0.478 e. The van der Waals surface area contributed by atoms with Gasteiger partial charge >= 0.3 is 5.97 Å². The summed E-state index contributed by atoms with van der Waals surface area (Å²) in [6.45, 7) is 3.73. The van der Waals surface area contributed by atoms with Crippen molar-refractivity contribution >= 4 is 23.3 Å². The molecular formula is C24H29N3O5. The van der Waals surface area contributed by atoms with Crippen LogP contribution in [0, 0.1) is 10.1 Å². The van der Waals surface area contributed by atoms with E-state index in [1.54, 1.807) is 24.3 Å². The van der Waals surface area contributed by atoms with Crippen molar-refractivity contribution in [1.82, 2.24) is 5.32 Å². The molecule has 1 fully saturated rings. The van der Waals surface area contributed by atoms with Crippen LogP contribution in [0.3, 0.4) is 0 Å². The Balaban J connectivity index is 1.82. The third kappa shape index (κ3) is 5.84. The van der Waals surface area contributed by atoms with Gasteiger partial charge in [-0.2, -0.15) is 0 Å². The molecule has 0 radical (unpaired) electrons. The summed E-state index contributed by atoms with van der Waals surface area (Å²) in [4.78, 5) is 37.0. The number of nitrogens with zero attached hydrogens (tertiary/aromatic N) is 2. The highest BCUT2D eigenvalue weighted by Gasteiger charge is 2.24. The number of nitrogens with one attached hydrogen (secondary N) is 1. The van der Waals surface area contributed by atoms with Gasteiger partial charge in [0.25, 0.3) is 5.69 Å². The first-order chi connectivity index (χ1) is 15.4. The van der Waals surface area contributed by atoms with Gasteiger partial charge in [-0.15, -0.1) is 0 Å². The third-order valence-electron chi connectivity index (χ3n) is 5.78. The number of anilines is 1. The van der Waals surface area contributed by atoms with E-state index < -0.39 is 5.97 Å². The molecule has 2 aromatic rings. The third-order valence-corrected chi connectivity index (χ3v) is 5.78. The van der Waals surface area contributed by atoms with Gasteiger partial charge in [0.05, 0.1) is 22.9 Å². The lowest BCUT2D eigenvalue weighted by Gasteiger charge is -2.32. The topological polar surface area (TPSA) is 113 Å². The molecular weight excluding hydrogens is 410 g/mol. The maximum absolute atomic E-state index is 12.8. The van der Waals surface area contributed by atoms with Gasteiger partial charge in [-0.3, -0.25) is 14.9 Å². The van der Waals surface area contributed by atoms with Gasteiger partial charge < -0.3 is 15.3 Å². The number of benzene rings is 2. The molecule has 0 aliphatic carbocycles. The summed E-state index contributed by atoms with van der Waals surface area (Å²) in [5, 5.41) is 23.5. The first kappa shape index (κ1) is 23.2. The van der Waals surface area contributed by atoms with E-state index in [4.69, 9.17) is 5.11 Å². The Morgan fingerprint density at radius 2 is 1.81 bits per heavy atom. The second kappa shape index (κ2) is 10.7. The van der Waals surface area contributed by atoms with Crippen molar-refractivity contribution < 1.29 is 19.6 Å². The van der Waals surface area contributed by atoms with Crippen molar-refractivity contribution in [2.45, 2.75) is 51.5 Å². The number of hydrogen-bond donors (Lipinski definition) is 2. The molecule has 8 heteroatoms. The Hall–Kier alpha value is -3.42. The number of carbonyl (C=O) groups is 2. The minimum Gasteiger partial charge on any atom is -0.478 e. The monoisotopic (exact) mass is 439 g/mol. The number of hydrogen-bond acceptors (Lipinski definition) is 5. The number of nitro benzene ring substituents is 1. The van der Waals surface area contributed by atoms with Crippen LogP contribution in [-0.2, 0) is 11.2 Å². The maximum atomic E-state index is 12.8. The van der Waals surface area contributed by atoms with Gasteiger partial charge in [-0.05, 0) is 55.0 Å². The van der Waals surface area contributed by atoms with E-state index >= 15 is 0 Å². The smallest absolute Gasteiger partial charge is 0.335 e. The van der Waals surface area contributed by atoms with Crippen LogP contribution in [0.25, 0.3) is 0 Å². The lowest BCUT2D eigenvalue weighted by Crippen LogP contribution is -2.34. The molecule has 2 aromatic carbocycles. The number of piperidine rings is 1. The van der Waals surface area contributed by atoms with Gasteiger partial charge in [0.2, 0.25) is 5.91 Å². The van der Waals surface area contributed by atoms with E-state index in [0.29, 0.717) is 6.42 Å². The van der Waals surface area contributed by atoms with Crippen LogP contribution in [0.4, 0.5) is 11.4 Å². The van der Waals surface area contributed by atoms with Crippen LogP contribution in [-0.4, -0.2) is 35.0 Å². The fourth-order valence-electron chi connectivity index (χ4n) is 4.14. The van der Waals surface area contributed by atoms with Gasteiger partial charge in [0, 0.05) is 30.9 Å². The minimum atomic E-state index is -1.01. The molecule has 2 N–H and O–H groups in total. The van der Waals surface area contributed by atoms with Gasteiger partial charge in [0.1, 0.15) is 0 Å². The number of non-ortho nitro benzene ring substituents is 1. The molecule has 1 atom stereocenters. The molecule has 0 spiro atoms. The molecule has 1 aliphatic heterocycles. The van der Waals surface area contributed by atoms with E-state index in [1.165, 1.54) is 18.2 Å². The Morgan fingerprint density at radius 1 is 1.12 bits per heavy atom. The summed E-state index contributed by atoms with van der Waals surface area (Å²) >= 11 is 0. The maximum Gasteiger partial charge on any atom is 0.335 e. The Labute approximate surface area is 187 Å². The van der Waals surface area contributed by atoms with E-state index in [9.17, 15) is 19.7 Å². The summed E-state index contributed by atoms with van der Waals surface area (Å²) in [5.74, 6) is -1.18. The first-order valence-corrected chi connectivity index (χ1v) is 11.0. The zero-order valence-electron chi connectivity index (χ0n) is 18.3. The van der Waals surface area contributed by atoms with Crippen molar-refractivity contribution in [3.63, 3.8) is 0 Å². The zero-order chi connectivity index (χ0) is 23.1. The van der Waals surface area contributed by atoms with Crippen LogP contribution in [0.15, 0.2) is 42.5 Å². The Kier molecular flexibility index (Phi) is 7.81. The lowest BCUT2D eigenvalue weighted by atomic mass is 9.97. The van der Waals surface area contributed by atoms with Crippen molar-refractivity contribution in [2.24, 2.45) is 0 Å². The second-order valence-electron chi connectivity index (χ2n) is 8.14. The van der Waals surface area contributed by atoms with Crippen molar-refractivity contribution in [3.8, 4) is 0 Å². The summed E-state index contributed by atoms with van der Waals surface area (Å²) in [6.07, 6.45) is 4.91. The quantitative estimate of drug-likeness (QED) is 0.440. The fraction of sp³-hybridized carbons (Fsp3) is 0.417. The van der Waals surface area contributed by atoms with Crippen LogP contribution >= 0.6 is 0 Å². The Morgan fingerprint density at radius 3 is 2.41 bits per heavy atom. The summed E-state index contributed by atoms with van der Waals surface area (Å²) < 4.78 is 0. The molecule has 1 aliphatic rings. The normalized spacial score (nSPS) is 14.6. The standard InChI is InChI=1S/C24H29N3O5/c1-2-6-21(25-23(28)15-17-7-9-18(10-8-17)24(29)30)20-12-11-19(27(31)32)16-22(20)26-13-4-3-5-14-26/h7-12,16,21H,2-6,13-15H2,1H3,(H,25,28)(H,29,30). The first-order valence-electron chi connectivity index (χ1n) is 11.0. The van der Waals surface area contributed by atoms with Crippen molar-refractivity contribution in [1.29, 1.82) is 0 Å². The number of nitro groups is 1. The second-order valence-corrected chi connectivity index (χ2v) is 8.14. The number of aromatic carboxylic acids is 1. The number of amides is 1. The van der Waals surface area contributed by atoms with Crippen LogP contribution < -0.4 is 10.2 Å². The molecule has 1 unspecified atom stereocenters. The number of rotatable bonds is 9. The minimum absolute atomic E-state index is 0.0504. The summed E-state index contributed by atoms with van der Waals surface area (Å²) in [6, 6.07) is 10.9. The van der Waals surface area contributed by atoms with Crippen molar-refractivity contribution in [3.05, 3.63) is 69.3 Å². The zero-order valence-corrected chi connectivity index (χ0v) is 18.3. The van der Waals surface area contributed by atoms with Crippen LogP contribution in [0.2, 0.25) is 0 Å². The lowest BCUT2D eigenvalue weighted by molar-refractivity contribution is -0.384. The average Bonchev–Trinajstić information content (AvgIpc) is 2.79. The van der Waals surface area contributed by atoms with Gasteiger partial charge in [-0.1, -0.05) is 25.5 Å². The molecule has 0 saturated carbocycles. The van der Waals surface area contributed by atoms with Gasteiger partial charge in [-0.25, -0.2) is 4.79 Å². The summed E-state index contributed by atoms with van der Waals surface area (Å²) in [7, 11) is 0. The number of carbonyl (C=O) groups excluding carboxylic acids is 1. The number of carboxylic acid groups (broad SMARTS) is 1. The molecule has 8 nitrogen and oxygen atoms in total. The highest BCUT2D eigenvalue weighted by atomic mass is 16.6. The molecule has 1 amide bonds. The predicted octanol–water partition coefficient (Wildman–Crippen LogP) is 4.48. The van der Waals surface area contributed by atoms with E-state index in [0.717, 1.165) is 55.6 Å². The summed E-state index contributed by atoms with van der Waals surface area (Å²) in [5.41, 5.74) is 2.67. The molecule has 32 heavy (non-hydrogen) atoms. The highest BCUT2D eigenvalue weighted by molar-refractivity contribution is 5.87.